The van der Waals surface area contributed by atoms with Crippen LogP contribution in [0.15, 0.2) is 121 Å². The predicted molar refractivity (Wildman–Crippen MR) is 300 cm³/mol. The van der Waals surface area contributed by atoms with Crippen LogP contribution in [0.4, 0.5) is 0 Å². The average molecular weight is 1100 g/mol. The van der Waals surface area contributed by atoms with Gasteiger partial charge >= 0.3 is 0 Å². The number of benzene rings is 4. The number of aromatic amines is 2. The second-order valence-corrected chi connectivity index (χ2v) is 25.6. The number of fused-ring (bicyclic) bond motifs is 8. The van der Waals surface area contributed by atoms with E-state index in [1.165, 1.54) is 0 Å². The molecule has 7 aromatic rings. The summed E-state index contributed by atoms with van der Waals surface area (Å²) in [4.78, 5) is 18.0. The van der Waals surface area contributed by atoms with Crippen molar-refractivity contribution in [2.75, 3.05) is 23.0 Å². The minimum atomic E-state index is -4.26. The van der Waals surface area contributed by atoms with E-state index in [-0.39, 0.29) is 0 Å². The number of aromatic nitrogens is 4. The van der Waals surface area contributed by atoms with Crippen molar-refractivity contribution in [3.05, 3.63) is 166 Å². The Hall–Kier alpha value is -6.88. The van der Waals surface area contributed by atoms with Crippen LogP contribution in [0.2, 0.25) is 0 Å². The van der Waals surface area contributed by atoms with Gasteiger partial charge in [0.05, 0.1) is 45.8 Å². The lowest BCUT2D eigenvalue weighted by Crippen LogP contribution is -2.11. The SMILES string of the molecule is CC(CS(=O)(=O)O)c1ccc(-c2c3nc(c(-c4ccc(C(C)CS(=O)(=O)O)cc4)c4ccc([nH]4)c(-c4ccc(C(C)CS(=O)(=O)O)cc4)c4nc(c(-c5ccc(C(C)CS(=O)(=O)O)cc5)c5ccc2[nH]5)C=C4)C=C3)cc1. The largest absolute Gasteiger partial charge is 0.354 e. The Morgan fingerprint density at radius 2 is 0.513 bits per heavy atom. The molecule has 0 saturated heterocycles. The Bertz CT molecular complexity index is 3570. The Morgan fingerprint density at radius 3 is 0.684 bits per heavy atom. The van der Waals surface area contributed by atoms with Crippen LogP contribution in [-0.2, 0) is 40.5 Å². The Kier molecular flexibility index (Phi) is 14.8. The smallest absolute Gasteiger partial charge is 0.265 e. The molecule has 0 amide bonds. The van der Waals surface area contributed by atoms with Crippen LogP contribution < -0.4 is 0 Å². The van der Waals surface area contributed by atoms with Gasteiger partial charge in [-0.15, -0.1) is 0 Å². The first-order chi connectivity index (χ1) is 35.8. The van der Waals surface area contributed by atoms with Crippen molar-refractivity contribution in [1.82, 2.24) is 19.9 Å². The van der Waals surface area contributed by atoms with E-state index in [0.717, 1.165) is 22.3 Å². The normalized spacial score (nSPS) is 14.6. The molecule has 0 radical (unpaired) electrons. The number of nitrogens with zero attached hydrogens (tertiary/aromatic N) is 2. The Balaban J connectivity index is 1.35. The molecule has 8 bridgehead atoms. The lowest BCUT2D eigenvalue weighted by Gasteiger charge is -2.12. The van der Waals surface area contributed by atoms with Gasteiger partial charge in [0, 0.05) is 44.3 Å². The quantitative estimate of drug-likeness (QED) is 0.0491. The molecule has 4 unspecified atom stereocenters. The second kappa shape index (κ2) is 20.9. The molecule has 16 nitrogen and oxygen atoms in total. The summed E-state index contributed by atoms with van der Waals surface area (Å²) < 4.78 is 133. The fraction of sp³-hybridized carbons (Fsp3) is 0.214. The minimum absolute atomic E-state index is 0.461. The molecule has 0 aliphatic carbocycles. The summed E-state index contributed by atoms with van der Waals surface area (Å²) in [6, 6.07) is 37.2. The highest BCUT2D eigenvalue weighted by Crippen LogP contribution is 2.40. The van der Waals surface area contributed by atoms with E-state index >= 15 is 0 Å². The molecule has 0 spiro atoms. The maximum Gasteiger partial charge on any atom is 0.265 e. The van der Waals surface area contributed by atoms with Gasteiger partial charge in [-0.3, -0.25) is 18.2 Å². The molecule has 0 fully saturated rings. The summed E-state index contributed by atoms with van der Waals surface area (Å²) in [5, 5.41) is 0. The maximum atomic E-state index is 11.9. The van der Waals surface area contributed by atoms with Gasteiger partial charge in [0.15, 0.2) is 0 Å². The molecule has 20 heteroatoms. The van der Waals surface area contributed by atoms with Gasteiger partial charge < -0.3 is 9.97 Å². The van der Waals surface area contributed by atoms with Crippen molar-refractivity contribution in [3.8, 4) is 44.5 Å². The van der Waals surface area contributed by atoms with Crippen LogP contribution >= 0.6 is 0 Å². The number of hydrogen-bond acceptors (Lipinski definition) is 10. The van der Waals surface area contributed by atoms with Crippen molar-refractivity contribution >= 4 is 86.8 Å². The first-order valence-electron chi connectivity index (χ1n) is 24.1. The molecule has 4 atom stereocenters. The van der Waals surface area contributed by atoms with E-state index in [1.807, 2.05) is 146 Å². The zero-order chi connectivity index (χ0) is 54.5. The predicted octanol–water partition coefficient (Wildman–Crippen LogP) is 11.3. The van der Waals surface area contributed by atoms with Gasteiger partial charge in [-0.05, 0) is 117 Å². The molecule has 76 heavy (non-hydrogen) atoms. The van der Waals surface area contributed by atoms with E-state index in [2.05, 4.69) is 9.97 Å². The number of rotatable bonds is 16. The Labute approximate surface area is 441 Å². The van der Waals surface area contributed by atoms with E-state index in [9.17, 15) is 51.9 Å². The third-order valence-electron chi connectivity index (χ3n) is 13.7. The fourth-order valence-electron chi connectivity index (χ4n) is 9.98. The third kappa shape index (κ3) is 12.5. The van der Waals surface area contributed by atoms with E-state index in [0.29, 0.717) is 89.4 Å². The van der Waals surface area contributed by atoms with Crippen molar-refractivity contribution in [3.63, 3.8) is 0 Å². The number of H-pyrrole nitrogens is 2. The minimum Gasteiger partial charge on any atom is -0.354 e. The van der Waals surface area contributed by atoms with Crippen LogP contribution in [-0.4, -0.2) is 94.8 Å². The van der Waals surface area contributed by atoms with Crippen molar-refractivity contribution < 1.29 is 51.9 Å². The number of nitrogens with one attached hydrogen (secondary N) is 2. The highest BCUT2D eigenvalue weighted by molar-refractivity contribution is 7.86. The summed E-state index contributed by atoms with van der Waals surface area (Å²) in [5.74, 6) is -3.91. The van der Waals surface area contributed by atoms with Crippen LogP contribution in [0.25, 0.3) is 90.9 Å². The zero-order valence-electron chi connectivity index (χ0n) is 41.6. The standard InChI is InChI=1S/C56H54N4O12S4/c1-33(29-73(61,62)63)37-5-13-41(14-6-37)53-45-21-23-47(57-45)54(42-15-7-38(8-16-42)34(2)30-74(64,65)66)49-25-27-51(59-49)56(44-19-11-40(12-20-44)36(4)32-76(70,71)72)52-28-26-50(60-52)55(48-24-22-46(53)58-48)43-17-9-39(10-18-43)35(3)31-75(67,68)69/h5-28,33-36,57,60H,29-32H2,1-4H3,(H,61,62,63)(H,64,65,66)(H,67,68,69)(H,70,71,72). The van der Waals surface area contributed by atoms with Gasteiger partial charge in [0.2, 0.25) is 0 Å². The summed E-state index contributed by atoms with van der Waals surface area (Å²) in [7, 11) is -17.0. The average Bonchev–Trinajstić information content (AvgIpc) is 4.19. The van der Waals surface area contributed by atoms with Gasteiger partial charge in [0.25, 0.3) is 40.5 Å². The molecule has 2 aliphatic rings. The molecular formula is C56H54N4O12S4. The summed E-state index contributed by atoms with van der Waals surface area (Å²) in [6.45, 7) is 6.86. The van der Waals surface area contributed by atoms with Crippen LogP contribution in [0, 0.1) is 0 Å². The van der Waals surface area contributed by atoms with Crippen LogP contribution in [0.1, 0.15) is 96.4 Å². The maximum absolute atomic E-state index is 11.9. The Morgan fingerprint density at radius 1 is 0.329 bits per heavy atom. The van der Waals surface area contributed by atoms with Crippen molar-refractivity contribution in [1.29, 1.82) is 0 Å². The fourth-order valence-corrected chi connectivity index (χ4v) is 13.3. The first-order valence-corrected chi connectivity index (χ1v) is 30.6. The zero-order valence-corrected chi connectivity index (χ0v) is 44.8. The third-order valence-corrected chi connectivity index (χ3v) is 17.4. The van der Waals surface area contributed by atoms with Crippen molar-refractivity contribution in [2.45, 2.75) is 51.4 Å². The molecule has 3 aromatic heterocycles. The second-order valence-electron chi connectivity index (χ2n) is 19.6. The molecule has 2 aliphatic heterocycles. The highest BCUT2D eigenvalue weighted by atomic mass is 32.2. The first kappa shape index (κ1) is 53.9. The molecule has 5 heterocycles. The van der Waals surface area contributed by atoms with Gasteiger partial charge in [-0.25, -0.2) is 9.97 Å². The van der Waals surface area contributed by atoms with Crippen LogP contribution in [0.5, 0.6) is 0 Å². The summed E-state index contributed by atoms with van der Waals surface area (Å²) in [5.41, 5.74) is 13.3. The van der Waals surface area contributed by atoms with Gasteiger partial charge in [0.1, 0.15) is 0 Å². The number of hydrogen-bond donors (Lipinski definition) is 6. The monoisotopic (exact) mass is 1100 g/mol. The lowest BCUT2D eigenvalue weighted by molar-refractivity contribution is 0.476. The molecule has 4 aromatic carbocycles. The summed E-state index contributed by atoms with van der Waals surface area (Å²) >= 11 is 0. The lowest BCUT2D eigenvalue weighted by atomic mass is 9.97. The molecule has 6 N–H and O–H groups in total. The molecular weight excluding hydrogens is 1050 g/mol. The van der Waals surface area contributed by atoms with E-state index in [4.69, 9.17) is 9.97 Å². The molecule has 0 saturated carbocycles. The van der Waals surface area contributed by atoms with Gasteiger partial charge in [-0.2, -0.15) is 33.7 Å². The topological polar surface area (TPSA) is 275 Å². The highest BCUT2D eigenvalue weighted by Gasteiger charge is 2.23. The van der Waals surface area contributed by atoms with Crippen LogP contribution in [0.3, 0.4) is 0 Å². The molecule has 394 valence electrons. The summed E-state index contributed by atoms with van der Waals surface area (Å²) in [6.07, 6.45) is 7.59. The van der Waals surface area contributed by atoms with Gasteiger partial charge in [-0.1, -0.05) is 125 Å². The van der Waals surface area contributed by atoms with E-state index < -0.39 is 87.2 Å². The van der Waals surface area contributed by atoms with Crippen molar-refractivity contribution in [2.24, 2.45) is 0 Å². The van der Waals surface area contributed by atoms with E-state index in [1.54, 1.807) is 27.7 Å². The molecule has 9 rings (SSSR count).